The molecule has 1 aromatic heterocycles. The van der Waals surface area contributed by atoms with Gasteiger partial charge in [-0.1, -0.05) is 35.5 Å². The van der Waals surface area contributed by atoms with Crippen LogP contribution in [-0.2, 0) is 0 Å². The van der Waals surface area contributed by atoms with Crippen LogP contribution in [0.4, 0.5) is 0 Å². The van der Waals surface area contributed by atoms with Crippen LogP contribution in [0.25, 0.3) is 0 Å². The summed E-state index contributed by atoms with van der Waals surface area (Å²) in [6, 6.07) is 7.57. The van der Waals surface area contributed by atoms with E-state index in [0.717, 1.165) is 11.1 Å². The van der Waals surface area contributed by atoms with Gasteiger partial charge in [-0.25, -0.2) is 4.98 Å². The minimum absolute atomic E-state index is 0.0897. The minimum Gasteiger partial charge on any atom is -0.440 e. The number of rotatable bonds is 4. The topological polar surface area (TPSA) is 43.1 Å². The average Bonchev–Trinajstić information content (AvgIpc) is 2.78. The molecule has 0 aliphatic carbocycles. The number of Topliss-reactive ketones (excluding diaryl/α,β-unsaturated/α-hetero) is 1. The largest absolute Gasteiger partial charge is 0.440 e. The van der Waals surface area contributed by atoms with Crippen molar-refractivity contribution in [2.45, 2.75) is 12.1 Å². The molecule has 0 radical (unpaired) electrons. The molecule has 16 heavy (non-hydrogen) atoms. The smallest absolute Gasteiger partial charge is 0.255 e. The molecule has 0 atom stereocenters. The van der Waals surface area contributed by atoms with E-state index in [1.165, 1.54) is 18.0 Å². The van der Waals surface area contributed by atoms with Crippen molar-refractivity contribution in [1.82, 2.24) is 4.98 Å². The lowest BCUT2D eigenvalue weighted by Gasteiger charge is -2.00. The molecule has 0 aliphatic rings. The van der Waals surface area contributed by atoms with E-state index in [4.69, 9.17) is 4.42 Å². The Kier molecular flexibility index (Phi) is 3.41. The zero-order chi connectivity index (χ0) is 11.4. The molecular weight excluding hydrogens is 222 g/mol. The number of aryl methyl sites for hydroxylation is 1. The number of hydrogen-bond acceptors (Lipinski definition) is 4. The Morgan fingerprint density at radius 1 is 1.50 bits per heavy atom. The summed E-state index contributed by atoms with van der Waals surface area (Å²) in [6.45, 7) is 1.97. The first-order valence-corrected chi connectivity index (χ1v) is 5.86. The lowest BCUT2D eigenvalue weighted by atomic mass is 10.1. The summed E-state index contributed by atoms with van der Waals surface area (Å²) in [7, 11) is 0. The second-order valence-electron chi connectivity index (χ2n) is 3.38. The fraction of sp³-hybridized carbons (Fsp3) is 0.167. The third-order valence-electron chi connectivity index (χ3n) is 2.08. The van der Waals surface area contributed by atoms with Crippen LogP contribution in [0.15, 0.2) is 46.4 Å². The Balaban J connectivity index is 1.98. The zero-order valence-electron chi connectivity index (χ0n) is 8.84. The van der Waals surface area contributed by atoms with Crippen molar-refractivity contribution in [3.8, 4) is 0 Å². The number of carbonyl (C=O) groups excluding carboxylic acids is 1. The highest BCUT2D eigenvalue weighted by Crippen LogP contribution is 2.17. The van der Waals surface area contributed by atoms with Gasteiger partial charge in [-0.15, -0.1) is 0 Å². The van der Waals surface area contributed by atoms with Crippen LogP contribution in [0.2, 0.25) is 0 Å². The molecule has 0 bridgehead atoms. The first kappa shape index (κ1) is 11.0. The number of aromatic nitrogens is 1. The van der Waals surface area contributed by atoms with Crippen molar-refractivity contribution in [1.29, 1.82) is 0 Å². The Morgan fingerprint density at radius 3 is 3.06 bits per heavy atom. The number of hydrogen-bond donors (Lipinski definition) is 0. The van der Waals surface area contributed by atoms with Gasteiger partial charge in [0.15, 0.2) is 5.78 Å². The van der Waals surface area contributed by atoms with Crippen LogP contribution in [0, 0.1) is 6.92 Å². The molecule has 0 amide bonds. The van der Waals surface area contributed by atoms with Crippen molar-refractivity contribution in [3.05, 3.63) is 47.9 Å². The van der Waals surface area contributed by atoms with E-state index in [1.807, 2.05) is 31.2 Å². The van der Waals surface area contributed by atoms with Crippen molar-refractivity contribution >= 4 is 17.5 Å². The SMILES string of the molecule is Cc1cccc(C(=O)CSc2ncco2)c1. The third-order valence-corrected chi connectivity index (χ3v) is 2.93. The van der Waals surface area contributed by atoms with Crippen molar-refractivity contribution in [2.75, 3.05) is 5.75 Å². The molecule has 0 spiro atoms. The molecule has 1 aromatic carbocycles. The maximum absolute atomic E-state index is 11.8. The molecule has 0 aliphatic heterocycles. The van der Waals surface area contributed by atoms with E-state index in [1.54, 1.807) is 6.20 Å². The molecule has 3 nitrogen and oxygen atoms in total. The van der Waals surface area contributed by atoms with E-state index >= 15 is 0 Å². The normalized spacial score (nSPS) is 10.3. The first-order chi connectivity index (χ1) is 7.75. The van der Waals surface area contributed by atoms with Gasteiger partial charge >= 0.3 is 0 Å². The second kappa shape index (κ2) is 4.99. The highest BCUT2D eigenvalue weighted by Gasteiger charge is 2.08. The van der Waals surface area contributed by atoms with Gasteiger partial charge in [-0.2, -0.15) is 0 Å². The van der Waals surface area contributed by atoms with E-state index < -0.39 is 0 Å². The van der Waals surface area contributed by atoms with Crippen molar-refractivity contribution in [2.24, 2.45) is 0 Å². The molecule has 0 unspecified atom stereocenters. The fourth-order valence-corrected chi connectivity index (χ4v) is 1.99. The lowest BCUT2D eigenvalue weighted by molar-refractivity contribution is 0.102. The number of thioether (sulfide) groups is 1. The summed E-state index contributed by atoms with van der Waals surface area (Å²) in [5, 5.41) is 0.529. The minimum atomic E-state index is 0.0897. The molecule has 0 fully saturated rings. The van der Waals surface area contributed by atoms with Gasteiger partial charge in [-0.3, -0.25) is 4.79 Å². The van der Waals surface area contributed by atoms with Crippen LogP contribution in [0.1, 0.15) is 15.9 Å². The molecule has 1 heterocycles. The average molecular weight is 233 g/mol. The summed E-state index contributed by atoms with van der Waals surface area (Å²) >= 11 is 1.31. The second-order valence-corrected chi connectivity index (χ2v) is 4.31. The van der Waals surface area contributed by atoms with Crippen LogP contribution in [-0.4, -0.2) is 16.5 Å². The molecule has 82 valence electrons. The van der Waals surface area contributed by atoms with Gasteiger partial charge in [-0.05, 0) is 13.0 Å². The van der Waals surface area contributed by atoms with Gasteiger partial charge in [0.2, 0.25) is 0 Å². The fourth-order valence-electron chi connectivity index (χ4n) is 1.31. The summed E-state index contributed by atoms with van der Waals surface area (Å²) in [4.78, 5) is 15.7. The number of ketones is 1. The monoisotopic (exact) mass is 233 g/mol. The standard InChI is InChI=1S/C12H11NO2S/c1-9-3-2-4-10(7-9)11(14)8-16-12-13-5-6-15-12/h2-7H,8H2,1H3. The summed E-state index contributed by atoms with van der Waals surface area (Å²) < 4.78 is 5.04. The third kappa shape index (κ3) is 2.73. The van der Waals surface area contributed by atoms with Gasteiger partial charge < -0.3 is 4.42 Å². The molecule has 0 saturated heterocycles. The number of benzene rings is 1. The van der Waals surface area contributed by atoms with Crippen LogP contribution in [0.5, 0.6) is 0 Å². The van der Waals surface area contributed by atoms with E-state index in [9.17, 15) is 4.79 Å². The number of oxazole rings is 1. The van der Waals surface area contributed by atoms with E-state index in [0.29, 0.717) is 11.0 Å². The Bertz CT molecular complexity index is 480. The quantitative estimate of drug-likeness (QED) is 0.601. The van der Waals surface area contributed by atoms with Crippen LogP contribution in [0.3, 0.4) is 0 Å². The molecule has 4 heteroatoms. The maximum Gasteiger partial charge on any atom is 0.255 e. The number of carbonyl (C=O) groups is 1. The van der Waals surface area contributed by atoms with Crippen LogP contribution < -0.4 is 0 Å². The van der Waals surface area contributed by atoms with Crippen LogP contribution >= 0.6 is 11.8 Å². The molecule has 0 N–H and O–H groups in total. The van der Waals surface area contributed by atoms with Crippen molar-refractivity contribution < 1.29 is 9.21 Å². The highest BCUT2D eigenvalue weighted by atomic mass is 32.2. The predicted molar refractivity (Wildman–Crippen MR) is 62.7 cm³/mol. The molecule has 2 aromatic rings. The highest BCUT2D eigenvalue weighted by molar-refractivity contribution is 7.99. The van der Waals surface area contributed by atoms with Gasteiger partial charge in [0, 0.05) is 5.56 Å². The predicted octanol–water partition coefficient (Wildman–Crippen LogP) is 2.96. The molecule has 0 saturated carbocycles. The Hall–Kier alpha value is -1.55. The zero-order valence-corrected chi connectivity index (χ0v) is 9.66. The summed E-state index contributed by atoms with van der Waals surface area (Å²) in [5.74, 6) is 0.441. The van der Waals surface area contributed by atoms with Crippen molar-refractivity contribution in [3.63, 3.8) is 0 Å². The first-order valence-electron chi connectivity index (χ1n) is 4.88. The molecule has 2 rings (SSSR count). The van der Waals surface area contributed by atoms with Gasteiger partial charge in [0.05, 0.1) is 11.9 Å². The lowest BCUT2D eigenvalue weighted by Crippen LogP contribution is -2.02. The van der Waals surface area contributed by atoms with Gasteiger partial charge in [0.1, 0.15) is 6.26 Å². The summed E-state index contributed by atoms with van der Waals surface area (Å²) in [6.07, 6.45) is 3.07. The van der Waals surface area contributed by atoms with E-state index in [-0.39, 0.29) is 5.78 Å². The van der Waals surface area contributed by atoms with Gasteiger partial charge in [0.25, 0.3) is 5.22 Å². The Morgan fingerprint density at radius 2 is 2.38 bits per heavy atom. The Labute approximate surface area is 97.9 Å². The maximum atomic E-state index is 11.8. The molecular formula is C12H11NO2S. The summed E-state index contributed by atoms with van der Waals surface area (Å²) in [5.41, 5.74) is 1.83. The van der Waals surface area contributed by atoms with E-state index in [2.05, 4.69) is 4.98 Å². The number of nitrogens with zero attached hydrogens (tertiary/aromatic N) is 1.